The summed E-state index contributed by atoms with van der Waals surface area (Å²) >= 11 is 4.89. The van der Waals surface area contributed by atoms with Gasteiger partial charge in [0.1, 0.15) is 4.90 Å². The van der Waals surface area contributed by atoms with Gasteiger partial charge in [0.2, 0.25) is 0 Å². The highest BCUT2D eigenvalue weighted by atomic mass is 32.2. The Morgan fingerprint density at radius 1 is 1.36 bits per heavy atom. The number of anilines is 1. The van der Waals surface area contributed by atoms with Crippen LogP contribution in [0, 0.1) is 0 Å². The second-order valence-corrected chi connectivity index (χ2v) is 5.22. The minimum Gasteiger partial charge on any atom is -0.331 e. The topological polar surface area (TPSA) is 49.4 Å². The molecule has 0 saturated heterocycles. The summed E-state index contributed by atoms with van der Waals surface area (Å²) in [5, 5.41) is 3.04. The van der Waals surface area contributed by atoms with Crippen molar-refractivity contribution in [3.05, 3.63) is 24.3 Å². The second-order valence-electron chi connectivity index (χ2n) is 2.90. The summed E-state index contributed by atoms with van der Waals surface area (Å²) in [5.74, 6) is 0. The van der Waals surface area contributed by atoms with Gasteiger partial charge < -0.3 is 5.32 Å². The number of hydrogen-bond donors (Lipinski definition) is 1. The van der Waals surface area contributed by atoms with E-state index in [4.69, 9.17) is 12.2 Å². The van der Waals surface area contributed by atoms with Crippen LogP contribution < -0.4 is 5.32 Å². The maximum atomic E-state index is 11.8. The molecular weight excluding hydrogens is 220 g/mol. The van der Waals surface area contributed by atoms with Gasteiger partial charge in [-0.2, -0.15) is 0 Å². The van der Waals surface area contributed by atoms with Crippen molar-refractivity contribution in [2.45, 2.75) is 4.90 Å². The lowest BCUT2D eigenvalue weighted by Crippen LogP contribution is -2.40. The first kappa shape index (κ1) is 9.42. The van der Waals surface area contributed by atoms with E-state index in [0.717, 1.165) is 4.31 Å². The average Bonchev–Trinajstić information content (AvgIpc) is 2.15. The van der Waals surface area contributed by atoms with Gasteiger partial charge in [-0.05, 0) is 24.4 Å². The van der Waals surface area contributed by atoms with Gasteiger partial charge >= 0.3 is 0 Å². The van der Waals surface area contributed by atoms with Crippen LogP contribution in [0.25, 0.3) is 0 Å². The minimum atomic E-state index is -3.44. The molecule has 0 fully saturated rings. The number of rotatable bonds is 0. The summed E-state index contributed by atoms with van der Waals surface area (Å²) in [5.41, 5.74) is 0.538. The molecule has 74 valence electrons. The molecule has 0 aromatic heterocycles. The number of sulfonamides is 1. The van der Waals surface area contributed by atoms with Crippen molar-refractivity contribution in [2.75, 3.05) is 12.4 Å². The number of fused-ring (bicyclic) bond motifs is 1. The van der Waals surface area contributed by atoms with Gasteiger partial charge in [0.05, 0.1) is 5.69 Å². The van der Waals surface area contributed by atoms with Crippen molar-refractivity contribution in [3.8, 4) is 0 Å². The molecule has 0 spiro atoms. The lowest BCUT2D eigenvalue weighted by atomic mass is 10.3. The van der Waals surface area contributed by atoms with Gasteiger partial charge in [0.15, 0.2) is 5.11 Å². The van der Waals surface area contributed by atoms with Crippen LogP contribution in [0.3, 0.4) is 0 Å². The maximum absolute atomic E-state index is 11.8. The van der Waals surface area contributed by atoms with E-state index in [2.05, 4.69) is 5.32 Å². The van der Waals surface area contributed by atoms with Crippen molar-refractivity contribution in [1.29, 1.82) is 0 Å². The molecule has 1 aromatic carbocycles. The Labute approximate surface area is 87.6 Å². The Balaban J connectivity index is 2.72. The minimum absolute atomic E-state index is 0.198. The van der Waals surface area contributed by atoms with E-state index in [-0.39, 0.29) is 10.0 Å². The summed E-state index contributed by atoms with van der Waals surface area (Å²) in [7, 11) is -2.01. The summed E-state index contributed by atoms with van der Waals surface area (Å²) < 4.78 is 24.7. The zero-order valence-electron chi connectivity index (χ0n) is 7.39. The fraction of sp³-hybridized carbons (Fsp3) is 0.125. The van der Waals surface area contributed by atoms with Gasteiger partial charge in [-0.25, -0.2) is 12.7 Å². The Morgan fingerprint density at radius 2 is 2.00 bits per heavy atom. The molecule has 1 aliphatic heterocycles. The fourth-order valence-electron chi connectivity index (χ4n) is 1.25. The Morgan fingerprint density at radius 3 is 2.71 bits per heavy atom. The van der Waals surface area contributed by atoms with Crippen LogP contribution in [0.5, 0.6) is 0 Å². The molecule has 1 aromatic rings. The third-order valence-corrected chi connectivity index (χ3v) is 4.36. The number of thiocarbonyl (C=S) groups is 1. The van der Waals surface area contributed by atoms with Gasteiger partial charge in [-0.15, -0.1) is 0 Å². The number of nitrogens with zero attached hydrogens (tertiary/aromatic N) is 1. The molecule has 1 aliphatic rings. The molecule has 1 N–H and O–H groups in total. The third kappa shape index (κ3) is 1.18. The Bertz CT molecular complexity index is 496. The molecule has 4 nitrogen and oxygen atoms in total. The molecular formula is C8H8N2O2S2. The van der Waals surface area contributed by atoms with Crippen LogP contribution in [0.4, 0.5) is 5.69 Å². The van der Waals surface area contributed by atoms with E-state index in [9.17, 15) is 8.42 Å². The predicted octanol–water partition coefficient (Wildman–Crippen LogP) is 1.02. The molecule has 14 heavy (non-hydrogen) atoms. The van der Waals surface area contributed by atoms with E-state index in [1.165, 1.54) is 7.05 Å². The number of hydrogen-bond acceptors (Lipinski definition) is 3. The number of benzene rings is 1. The van der Waals surface area contributed by atoms with E-state index in [0.29, 0.717) is 5.69 Å². The lowest BCUT2D eigenvalue weighted by Gasteiger charge is -2.27. The molecule has 0 aliphatic carbocycles. The van der Waals surface area contributed by atoms with Crippen LogP contribution in [-0.2, 0) is 10.0 Å². The zero-order valence-corrected chi connectivity index (χ0v) is 9.02. The summed E-state index contributed by atoms with van der Waals surface area (Å²) in [6.07, 6.45) is 0. The molecule has 0 bridgehead atoms. The van der Waals surface area contributed by atoms with Gasteiger partial charge in [-0.3, -0.25) is 0 Å². The van der Waals surface area contributed by atoms with E-state index >= 15 is 0 Å². The van der Waals surface area contributed by atoms with Crippen molar-refractivity contribution in [3.63, 3.8) is 0 Å². The Kier molecular flexibility index (Phi) is 1.97. The molecule has 0 unspecified atom stereocenters. The first-order valence-corrected chi connectivity index (χ1v) is 5.77. The third-order valence-electron chi connectivity index (χ3n) is 2.05. The molecule has 0 saturated carbocycles. The molecule has 2 rings (SSSR count). The highest BCUT2D eigenvalue weighted by Crippen LogP contribution is 2.28. The van der Waals surface area contributed by atoms with E-state index < -0.39 is 10.0 Å². The van der Waals surface area contributed by atoms with Crippen molar-refractivity contribution in [1.82, 2.24) is 4.31 Å². The van der Waals surface area contributed by atoms with Crippen LogP contribution in [0.2, 0.25) is 0 Å². The highest BCUT2D eigenvalue weighted by Gasteiger charge is 2.30. The van der Waals surface area contributed by atoms with Gasteiger partial charge in [-0.1, -0.05) is 12.1 Å². The largest absolute Gasteiger partial charge is 0.331 e. The molecule has 0 amide bonds. The predicted molar refractivity (Wildman–Crippen MR) is 57.6 cm³/mol. The average molecular weight is 228 g/mol. The van der Waals surface area contributed by atoms with E-state index in [1.807, 2.05) is 0 Å². The summed E-state index contributed by atoms with van der Waals surface area (Å²) in [6.45, 7) is 0. The summed E-state index contributed by atoms with van der Waals surface area (Å²) in [4.78, 5) is 0.260. The highest BCUT2D eigenvalue weighted by molar-refractivity contribution is 7.92. The van der Waals surface area contributed by atoms with Crippen LogP contribution in [-0.4, -0.2) is 24.9 Å². The fourth-order valence-corrected chi connectivity index (χ4v) is 2.86. The first-order valence-electron chi connectivity index (χ1n) is 3.92. The lowest BCUT2D eigenvalue weighted by molar-refractivity contribution is 0.552. The number of para-hydroxylation sites is 1. The smallest absolute Gasteiger partial charge is 0.267 e. The quantitative estimate of drug-likeness (QED) is 0.673. The van der Waals surface area contributed by atoms with Crippen LogP contribution in [0.1, 0.15) is 0 Å². The molecule has 1 heterocycles. The van der Waals surface area contributed by atoms with Crippen molar-refractivity contribution in [2.24, 2.45) is 0 Å². The maximum Gasteiger partial charge on any atom is 0.267 e. The van der Waals surface area contributed by atoms with E-state index in [1.54, 1.807) is 24.3 Å². The first-order chi connectivity index (χ1) is 6.53. The second kappa shape index (κ2) is 2.93. The SMILES string of the molecule is CN1C(=S)Nc2ccccc2S1(=O)=O. The van der Waals surface area contributed by atoms with Crippen LogP contribution in [0.15, 0.2) is 29.2 Å². The summed E-state index contributed by atoms with van der Waals surface area (Å²) in [6, 6.07) is 6.68. The van der Waals surface area contributed by atoms with Gasteiger partial charge in [0.25, 0.3) is 10.0 Å². The monoisotopic (exact) mass is 228 g/mol. The normalized spacial score (nSPS) is 18.6. The van der Waals surface area contributed by atoms with Crippen molar-refractivity contribution < 1.29 is 8.42 Å². The zero-order chi connectivity index (χ0) is 10.3. The van der Waals surface area contributed by atoms with Crippen molar-refractivity contribution >= 4 is 33.0 Å². The molecule has 0 atom stereocenters. The molecule has 0 radical (unpaired) electrons. The standard InChI is InChI=1S/C8H8N2O2S2/c1-10-8(13)9-6-4-2-3-5-7(6)14(10,11)12/h2-5H,1H3,(H,9,13). The van der Waals surface area contributed by atoms with Crippen LogP contribution >= 0.6 is 12.2 Å². The number of nitrogens with one attached hydrogen (secondary N) is 1. The van der Waals surface area contributed by atoms with Gasteiger partial charge in [0, 0.05) is 7.05 Å². The molecule has 6 heteroatoms. The Hall–Kier alpha value is -1.14.